The van der Waals surface area contributed by atoms with Crippen molar-refractivity contribution in [2.75, 3.05) is 7.11 Å². The quantitative estimate of drug-likeness (QED) is 0.0502. The molecule has 5 aromatic carbocycles. The first-order valence-electron chi connectivity index (χ1n) is 16.3. The van der Waals surface area contributed by atoms with Gasteiger partial charge in [0.05, 0.1) is 29.2 Å². The van der Waals surface area contributed by atoms with Crippen LogP contribution in [-0.4, -0.2) is 28.8 Å². The molecule has 5 heteroatoms. The Bertz CT molecular complexity index is 2030. The molecule has 0 fully saturated rings. The molecule has 7 rings (SSSR count). The van der Waals surface area contributed by atoms with E-state index in [0.29, 0.717) is 5.56 Å². The van der Waals surface area contributed by atoms with E-state index in [1.54, 1.807) is 30.3 Å². The minimum Gasteiger partial charge on any atom is -0.463 e. The normalized spacial score (nSPS) is 11.0. The number of aromatic nitrogens is 2. The minimum atomic E-state index is -0.832. The van der Waals surface area contributed by atoms with Crippen molar-refractivity contribution in [2.45, 2.75) is 44.9 Å². The van der Waals surface area contributed by atoms with Gasteiger partial charge in [0.15, 0.2) is 0 Å². The van der Waals surface area contributed by atoms with Crippen LogP contribution in [0.1, 0.15) is 53.6 Å². The zero-order chi connectivity index (χ0) is 32.4. The second-order valence-corrected chi connectivity index (χ2v) is 11.8. The van der Waals surface area contributed by atoms with Crippen LogP contribution in [0.5, 0.6) is 0 Å². The fraction of sp³-hybridized carbons (Fsp3) is 0.190. The van der Waals surface area contributed by atoms with E-state index in [-0.39, 0.29) is 0 Å². The highest BCUT2D eigenvalue weighted by Crippen LogP contribution is 2.26. The second kappa shape index (κ2) is 15.2. The third kappa shape index (κ3) is 7.70. The molecule has 2 aromatic heterocycles. The maximum Gasteiger partial charge on any atom is 0.379 e. The molecule has 234 valence electrons. The molecule has 47 heavy (non-hydrogen) atoms. The molecule has 0 bridgehead atoms. The van der Waals surface area contributed by atoms with Crippen LogP contribution in [0.15, 0.2) is 127 Å². The molecule has 0 amide bonds. The maximum absolute atomic E-state index is 11.1. The highest BCUT2D eigenvalue weighted by atomic mass is 16.5. The van der Waals surface area contributed by atoms with E-state index >= 15 is 0 Å². The summed E-state index contributed by atoms with van der Waals surface area (Å²) in [6, 6.07) is 42.9. The van der Waals surface area contributed by atoms with Crippen LogP contribution in [-0.2, 0) is 22.4 Å². The molecule has 0 atom stereocenters. The average Bonchev–Trinajstić information content (AvgIpc) is 3.13. The lowest BCUT2D eigenvalue weighted by atomic mass is 9.98. The number of fused-ring (bicyclic) bond motifs is 4. The molecule has 7 aromatic rings. The summed E-state index contributed by atoms with van der Waals surface area (Å²) >= 11 is 0. The van der Waals surface area contributed by atoms with Gasteiger partial charge in [-0.05, 0) is 73.2 Å². The van der Waals surface area contributed by atoms with Gasteiger partial charge in [-0.1, -0.05) is 110 Å². The van der Waals surface area contributed by atoms with Crippen LogP contribution in [0, 0.1) is 0 Å². The first kappa shape index (κ1) is 31.6. The van der Waals surface area contributed by atoms with Gasteiger partial charge in [0.2, 0.25) is 0 Å². The Kier molecular flexibility index (Phi) is 10.2. The zero-order valence-electron chi connectivity index (χ0n) is 26.7. The van der Waals surface area contributed by atoms with Gasteiger partial charge >= 0.3 is 5.97 Å². The summed E-state index contributed by atoms with van der Waals surface area (Å²) in [7, 11) is 1.18. The smallest absolute Gasteiger partial charge is 0.379 e. The largest absolute Gasteiger partial charge is 0.463 e. The van der Waals surface area contributed by atoms with Gasteiger partial charge in [-0.15, -0.1) is 0 Å². The van der Waals surface area contributed by atoms with E-state index in [2.05, 4.69) is 102 Å². The Morgan fingerprint density at radius 1 is 0.511 bits per heavy atom. The van der Waals surface area contributed by atoms with Gasteiger partial charge in [0.1, 0.15) is 0 Å². The number of pyridine rings is 2. The topological polar surface area (TPSA) is 69.2 Å². The third-order valence-corrected chi connectivity index (χ3v) is 8.60. The summed E-state index contributed by atoms with van der Waals surface area (Å²) in [5, 5.41) is 5.07. The minimum absolute atomic E-state index is 0.351. The Morgan fingerprint density at radius 3 is 1.47 bits per heavy atom. The predicted octanol–water partition coefficient (Wildman–Crippen LogP) is 9.87. The molecule has 0 saturated carbocycles. The van der Waals surface area contributed by atoms with Gasteiger partial charge < -0.3 is 4.74 Å². The number of rotatable bonds is 10. The Hall–Kier alpha value is -5.42. The maximum atomic E-state index is 11.1. The number of methoxy groups -OCH3 is 1. The van der Waals surface area contributed by atoms with Gasteiger partial charge in [0.25, 0.3) is 5.78 Å². The highest BCUT2D eigenvalue weighted by Gasteiger charge is 2.15. The van der Waals surface area contributed by atoms with Crippen LogP contribution in [0.25, 0.3) is 43.6 Å². The van der Waals surface area contributed by atoms with Crippen LogP contribution < -0.4 is 0 Å². The fourth-order valence-corrected chi connectivity index (χ4v) is 6.12. The van der Waals surface area contributed by atoms with Crippen LogP contribution in [0.4, 0.5) is 0 Å². The van der Waals surface area contributed by atoms with Crippen molar-refractivity contribution in [2.24, 2.45) is 0 Å². The van der Waals surface area contributed by atoms with E-state index in [1.165, 1.54) is 71.9 Å². The van der Waals surface area contributed by atoms with E-state index in [4.69, 9.17) is 9.97 Å². The first-order chi connectivity index (χ1) is 23.1. The number of aryl methyl sites for hydroxylation is 2. The average molecular weight is 619 g/mol. The number of Topliss-reactive ketones (excluding diaryl/α,β-unsaturated/α-hetero) is 1. The van der Waals surface area contributed by atoms with Crippen molar-refractivity contribution in [1.29, 1.82) is 0 Å². The summed E-state index contributed by atoms with van der Waals surface area (Å²) in [6.07, 6.45) is 8.56. The molecule has 0 spiro atoms. The Labute approximate surface area is 275 Å². The summed E-state index contributed by atoms with van der Waals surface area (Å²) in [5.41, 5.74) is 7.58. The van der Waals surface area contributed by atoms with Gasteiger partial charge in [-0.2, -0.15) is 0 Å². The number of nitrogens with zero attached hydrogens (tertiary/aromatic N) is 2. The number of ether oxygens (including phenoxy) is 1. The lowest BCUT2D eigenvalue weighted by molar-refractivity contribution is -0.135. The molecule has 0 aliphatic rings. The van der Waals surface area contributed by atoms with Gasteiger partial charge in [-0.3, -0.25) is 4.79 Å². The Morgan fingerprint density at radius 2 is 0.957 bits per heavy atom. The molecule has 2 heterocycles. The molecule has 0 aliphatic heterocycles. The van der Waals surface area contributed by atoms with Gasteiger partial charge in [0, 0.05) is 27.1 Å². The monoisotopic (exact) mass is 618 g/mol. The fourth-order valence-electron chi connectivity index (χ4n) is 6.12. The molecule has 0 saturated heterocycles. The number of esters is 1. The number of hydrogen-bond acceptors (Lipinski definition) is 5. The van der Waals surface area contributed by atoms with Crippen molar-refractivity contribution >= 4 is 55.4 Å². The number of unbranched alkanes of at least 4 members (excludes halogenated alkanes) is 4. The van der Waals surface area contributed by atoms with Crippen LogP contribution in [0.2, 0.25) is 0 Å². The predicted molar refractivity (Wildman–Crippen MR) is 192 cm³/mol. The highest BCUT2D eigenvalue weighted by molar-refractivity contribution is 6.40. The first-order valence-corrected chi connectivity index (χ1v) is 16.3. The van der Waals surface area contributed by atoms with Crippen molar-refractivity contribution in [3.63, 3.8) is 0 Å². The second-order valence-electron chi connectivity index (χ2n) is 11.8. The lowest BCUT2D eigenvalue weighted by Gasteiger charge is -2.09. The van der Waals surface area contributed by atoms with E-state index in [9.17, 15) is 9.59 Å². The number of hydrogen-bond donors (Lipinski definition) is 0. The standard InChI is InChI=1S/C33H30N2.C9H8O3/c1(2-4-12-24-16-10-20-32-28(24)22-26-14-6-8-18-30(26)34-32)3-5-13-25-17-11-21-33-29(25)23-27-15-7-9-19-31(27)35-33;1-12-9(11)8(10)7-5-3-2-4-6-7/h6-11,14-23H,1-5,12-13H2;2-6H,1H3. The van der Waals surface area contributed by atoms with Crippen molar-refractivity contribution in [3.8, 4) is 0 Å². The van der Waals surface area contributed by atoms with Crippen molar-refractivity contribution < 1.29 is 14.3 Å². The molecule has 0 aliphatic carbocycles. The van der Waals surface area contributed by atoms with E-state index in [1.807, 2.05) is 0 Å². The number of benzene rings is 5. The van der Waals surface area contributed by atoms with Crippen molar-refractivity contribution in [3.05, 3.63) is 144 Å². The van der Waals surface area contributed by atoms with Crippen LogP contribution >= 0.6 is 0 Å². The molecule has 0 N–H and O–H groups in total. The number of carbonyl (C=O) groups excluding carboxylic acids is 2. The Balaban J connectivity index is 0.000000273. The molecule has 5 nitrogen and oxygen atoms in total. The summed E-state index contributed by atoms with van der Waals surface area (Å²) in [5.74, 6) is -1.45. The van der Waals surface area contributed by atoms with Crippen LogP contribution in [0.3, 0.4) is 0 Å². The number of carbonyl (C=O) groups is 2. The lowest BCUT2D eigenvalue weighted by Crippen LogP contribution is -2.15. The van der Waals surface area contributed by atoms with Crippen molar-refractivity contribution in [1.82, 2.24) is 9.97 Å². The van der Waals surface area contributed by atoms with Gasteiger partial charge in [-0.25, -0.2) is 14.8 Å². The SMILES string of the molecule is COC(=O)C(=O)c1ccccc1.c1ccc2nc3cccc(CCCCCCCc4cccc5nc6ccccc6cc45)c3cc2c1. The summed E-state index contributed by atoms with van der Waals surface area (Å²) in [4.78, 5) is 31.6. The molecular weight excluding hydrogens is 580 g/mol. The third-order valence-electron chi connectivity index (χ3n) is 8.60. The number of ketones is 1. The summed E-state index contributed by atoms with van der Waals surface area (Å²) in [6.45, 7) is 0. The number of para-hydroxylation sites is 2. The molecule has 0 unspecified atom stereocenters. The molecule has 0 radical (unpaired) electrons. The summed E-state index contributed by atoms with van der Waals surface area (Å²) < 4.78 is 4.28. The van der Waals surface area contributed by atoms with E-state index < -0.39 is 11.8 Å². The molecular formula is C42H38N2O3. The van der Waals surface area contributed by atoms with E-state index in [0.717, 1.165) is 34.9 Å². The zero-order valence-corrected chi connectivity index (χ0v) is 26.7.